The molecule has 1 amide bonds. The normalized spacial score (nSPS) is 26.3. The number of amides is 1. The predicted octanol–water partition coefficient (Wildman–Crippen LogP) is 4.28. The number of anilines is 1. The van der Waals surface area contributed by atoms with E-state index in [2.05, 4.69) is 26.7 Å². The van der Waals surface area contributed by atoms with Crippen molar-refractivity contribution in [2.75, 3.05) is 31.1 Å². The van der Waals surface area contributed by atoms with Crippen LogP contribution in [0.4, 0.5) is 5.82 Å². The first-order chi connectivity index (χ1) is 15.0. The monoisotopic (exact) mass is 428 g/mol. The lowest BCUT2D eigenvalue weighted by Crippen LogP contribution is -2.44. The van der Waals surface area contributed by atoms with Crippen LogP contribution in [-0.4, -0.2) is 47.0 Å². The fourth-order valence-electron chi connectivity index (χ4n) is 6.27. The molecule has 1 aliphatic carbocycles. The fourth-order valence-corrected chi connectivity index (χ4v) is 6.27. The summed E-state index contributed by atoms with van der Waals surface area (Å²) < 4.78 is 0. The molecule has 2 aliphatic heterocycles. The maximum Gasteiger partial charge on any atom is 0.252 e. The first-order valence-corrected chi connectivity index (χ1v) is 12.6. The summed E-state index contributed by atoms with van der Waals surface area (Å²) >= 11 is 0. The summed E-state index contributed by atoms with van der Waals surface area (Å²) in [6.45, 7) is 7.61. The summed E-state index contributed by atoms with van der Waals surface area (Å²) in [4.78, 5) is 37.3. The van der Waals surface area contributed by atoms with Gasteiger partial charge in [0.25, 0.3) is 5.56 Å². The number of aryl methyl sites for hydroxylation is 1. The number of nitrogens with one attached hydrogen (secondary N) is 1. The second-order valence-electron chi connectivity index (χ2n) is 10.4. The van der Waals surface area contributed by atoms with Crippen molar-refractivity contribution in [3.63, 3.8) is 0 Å². The van der Waals surface area contributed by atoms with Crippen LogP contribution >= 0.6 is 0 Å². The fraction of sp³-hybridized carbons (Fsp3) is 0.800. The van der Waals surface area contributed by atoms with Gasteiger partial charge in [0.15, 0.2) is 0 Å². The van der Waals surface area contributed by atoms with Gasteiger partial charge in [0.05, 0.1) is 0 Å². The summed E-state index contributed by atoms with van der Waals surface area (Å²) in [6.07, 6.45) is 13.2. The Morgan fingerprint density at radius 3 is 2.71 bits per heavy atom. The second kappa shape index (κ2) is 9.74. The molecule has 3 fully saturated rings. The van der Waals surface area contributed by atoms with Crippen LogP contribution in [0.1, 0.15) is 83.4 Å². The summed E-state index contributed by atoms with van der Waals surface area (Å²) in [6, 6.07) is 1.61. The van der Waals surface area contributed by atoms with E-state index in [1.165, 1.54) is 38.5 Å². The molecule has 2 atom stereocenters. The summed E-state index contributed by atoms with van der Waals surface area (Å²) in [7, 11) is 0. The van der Waals surface area contributed by atoms with Crippen LogP contribution in [0.3, 0.4) is 0 Å². The number of aromatic nitrogens is 2. The van der Waals surface area contributed by atoms with Gasteiger partial charge in [-0.25, -0.2) is 4.98 Å². The molecule has 3 aliphatic rings. The molecule has 1 N–H and O–H groups in total. The van der Waals surface area contributed by atoms with E-state index in [4.69, 9.17) is 0 Å². The van der Waals surface area contributed by atoms with Crippen LogP contribution in [-0.2, 0) is 4.79 Å². The first-order valence-electron chi connectivity index (χ1n) is 12.6. The highest BCUT2D eigenvalue weighted by atomic mass is 16.2. The standard InChI is InChI=1S/C25H40N4O2/c1-3-21(15-20-9-5-4-6-10-20)24(31)29-13-8-7-11-25(18-29)12-14-28(17-25)22-16-23(30)27-19(2)26-22/h16,20-21H,3-15,17-18H2,1-2H3,(H,26,27,30). The van der Waals surface area contributed by atoms with E-state index in [0.717, 1.165) is 70.0 Å². The second-order valence-corrected chi connectivity index (χ2v) is 10.4. The van der Waals surface area contributed by atoms with Crippen molar-refractivity contribution in [1.29, 1.82) is 0 Å². The Hall–Kier alpha value is -1.85. The number of carbonyl (C=O) groups is 1. The number of hydrogen-bond acceptors (Lipinski definition) is 4. The third-order valence-electron chi connectivity index (χ3n) is 8.02. The average molecular weight is 429 g/mol. The largest absolute Gasteiger partial charge is 0.356 e. The van der Waals surface area contributed by atoms with Crippen molar-refractivity contribution in [3.8, 4) is 0 Å². The van der Waals surface area contributed by atoms with Crippen molar-refractivity contribution in [3.05, 3.63) is 22.2 Å². The van der Waals surface area contributed by atoms with E-state index in [1.54, 1.807) is 6.07 Å². The molecule has 1 aromatic rings. The van der Waals surface area contributed by atoms with Crippen LogP contribution in [0.15, 0.2) is 10.9 Å². The third kappa shape index (κ3) is 5.32. The lowest BCUT2D eigenvalue weighted by molar-refractivity contribution is -0.137. The Balaban J connectivity index is 1.44. The van der Waals surface area contributed by atoms with E-state index in [0.29, 0.717) is 11.7 Å². The number of rotatable bonds is 5. The van der Waals surface area contributed by atoms with Crippen molar-refractivity contribution in [2.24, 2.45) is 17.3 Å². The Morgan fingerprint density at radius 1 is 1.16 bits per heavy atom. The molecule has 6 heteroatoms. The minimum atomic E-state index is -0.0883. The number of aromatic amines is 1. The van der Waals surface area contributed by atoms with Gasteiger partial charge < -0.3 is 14.8 Å². The molecule has 1 spiro atoms. The van der Waals surface area contributed by atoms with Gasteiger partial charge in [-0.2, -0.15) is 0 Å². The first kappa shape index (κ1) is 22.3. The van der Waals surface area contributed by atoms with E-state index < -0.39 is 0 Å². The van der Waals surface area contributed by atoms with E-state index >= 15 is 0 Å². The van der Waals surface area contributed by atoms with Gasteiger partial charge in [-0.1, -0.05) is 45.4 Å². The number of H-pyrrole nitrogens is 1. The molecular weight excluding hydrogens is 388 g/mol. The molecule has 2 saturated heterocycles. The maximum atomic E-state index is 13.6. The zero-order valence-electron chi connectivity index (χ0n) is 19.5. The van der Waals surface area contributed by atoms with Crippen molar-refractivity contribution in [2.45, 2.75) is 84.5 Å². The third-order valence-corrected chi connectivity index (χ3v) is 8.02. The van der Waals surface area contributed by atoms with E-state index in [1.807, 2.05) is 6.92 Å². The maximum absolute atomic E-state index is 13.6. The van der Waals surface area contributed by atoms with Crippen LogP contribution in [0, 0.1) is 24.2 Å². The number of likely N-dealkylation sites (tertiary alicyclic amines) is 1. The summed E-state index contributed by atoms with van der Waals surface area (Å²) in [5, 5.41) is 0. The highest BCUT2D eigenvalue weighted by Gasteiger charge is 2.42. The molecule has 6 nitrogen and oxygen atoms in total. The Bertz CT molecular complexity index is 816. The van der Waals surface area contributed by atoms with Gasteiger partial charge in [-0.3, -0.25) is 9.59 Å². The van der Waals surface area contributed by atoms with Crippen molar-refractivity contribution < 1.29 is 4.79 Å². The molecule has 2 unspecified atom stereocenters. The molecule has 3 heterocycles. The lowest BCUT2D eigenvalue weighted by Gasteiger charge is -2.35. The number of hydrogen-bond donors (Lipinski definition) is 1. The highest BCUT2D eigenvalue weighted by Crippen LogP contribution is 2.40. The molecule has 0 aromatic carbocycles. The van der Waals surface area contributed by atoms with Crippen LogP contribution in [0.25, 0.3) is 0 Å². The van der Waals surface area contributed by atoms with Crippen LogP contribution in [0.2, 0.25) is 0 Å². The Kier molecular flexibility index (Phi) is 7.02. The Morgan fingerprint density at radius 2 is 1.97 bits per heavy atom. The molecular formula is C25H40N4O2. The van der Waals surface area contributed by atoms with Crippen LogP contribution in [0.5, 0.6) is 0 Å². The average Bonchev–Trinajstić information content (AvgIpc) is 3.06. The zero-order valence-corrected chi connectivity index (χ0v) is 19.5. The minimum Gasteiger partial charge on any atom is -0.356 e. The van der Waals surface area contributed by atoms with Gasteiger partial charge >= 0.3 is 0 Å². The molecule has 4 rings (SSSR count). The molecule has 1 aromatic heterocycles. The topological polar surface area (TPSA) is 69.3 Å². The van der Waals surface area contributed by atoms with Gasteiger partial charge in [0.2, 0.25) is 5.91 Å². The quantitative estimate of drug-likeness (QED) is 0.760. The van der Waals surface area contributed by atoms with Crippen molar-refractivity contribution in [1.82, 2.24) is 14.9 Å². The lowest BCUT2D eigenvalue weighted by atomic mass is 9.80. The van der Waals surface area contributed by atoms with Gasteiger partial charge in [-0.15, -0.1) is 0 Å². The Labute approximate surface area is 186 Å². The molecule has 172 valence electrons. The molecule has 0 radical (unpaired) electrons. The molecule has 0 bridgehead atoms. The van der Waals surface area contributed by atoms with E-state index in [-0.39, 0.29) is 16.9 Å². The van der Waals surface area contributed by atoms with Gasteiger partial charge in [-0.05, 0) is 44.9 Å². The van der Waals surface area contributed by atoms with Gasteiger partial charge in [0.1, 0.15) is 11.6 Å². The molecule has 31 heavy (non-hydrogen) atoms. The summed E-state index contributed by atoms with van der Waals surface area (Å²) in [5.41, 5.74) is 0.0441. The van der Waals surface area contributed by atoms with Crippen LogP contribution < -0.4 is 10.5 Å². The number of nitrogens with zero attached hydrogens (tertiary/aromatic N) is 3. The van der Waals surface area contributed by atoms with E-state index in [9.17, 15) is 9.59 Å². The molecule has 1 saturated carbocycles. The summed E-state index contributed by atoms with van der Waals surface area (Å²) in [5.74, 6) is 2.78. The smallest absolute Gasteiger partial charge is 0.252 e. The zero-order chi connectivity index (χ0) is 21.8. The minimum absolute atomic E-state index is 0.0883. The highest BCUT2D eigenvalue weighted by molar-refractivity contribution is 5.79. The number of carbonyl (C=O) groups excluding carboxylic acids is 1. The predicted molar refractivity (Wildman–Crippen MR) is 124 cm³/mol. The van der Waals surface area contributed by atoms with Crippen molar-refractivity contribution >= 4 is 11.7 Å². The van der Waals surface area contributed by atoms with Gasteiger partial charge in [0, 0.05) is 43.6 Å². The SMILES string of the molecule is CCC(CC1CCCCC1)C(=O)N1CCCCC2(CCN(c3cc(=O)[nH]c(C)n3)C2)C1.